The van der Waals surface area contributed by atoms with Gasteiger partial charge in [0.1, 0.15) is 0 Å². The number of benzene rings is 1. The zero-order chi connectivity index (χ0) is 18.4. The maximum atomic E-state index is 12.1. The third-order valence-electron chi connectivity index (χ3n) is 3.99. The molecule has 0 unspecified atom stereocenters. The van der Waals surface area contributed by atoms with Crippen molar-refractivity contribution in [1.82, 2.24) is 15.1 Å². The molecule has 0 aliphatic heterocycles. The van der Waals surface area contributed by atoms with Gasteiger partial charge in [-0.05, 0) is 44.9 Å². The average molecular weight is 344 g/mol. The molecule has 0 bridgehead atoms. The highest BCUT2D eigenvalue weighted by Gasteiger charge is 2.14. The van der Waals surface area contributed by atoms with E-state index < -0.39 is 5.97 Å². The fourth-order valence-corrected chi connectivity index (χ4v) is 2.63. The van der Waals surface area contributed by atoms with E-state index in [1.807, 2.05) is 25.6 Å². The molecular weight excluding hydrogens is 320 g/mol. The largest absolute Gasteiger partial charge is 0.462 e. The number of rotatable bonds is 6. The van der Waals surface area contributed by atoms with Gasteiger partial charge in [-0.3, -0.25) is 4.68 Å². The summed E-state index contributed by atoms with van der Waals surface area (Å²) in [7, 11) is 1.90. The molecular formula is C18H24N4O3. The van der Waals surface area contributed by atoms with Gasteiger partial charge in [-0.15, -0.1) is 0 Å². The van der Waals surface area contributed by atoms with Gasteiger partial charge in [-0.25, -0.2) is 9.59 Å². The number of amides is 2. The molecule has 0 saturated carbocycles. The Morgan fingerprint density at radius 3 is 2.60 bits per heavy atom. The third-order valence-corrected chi connectivity index (χ3v) is 3.99. The van der Waals surface area contributed by atoms with Crippen molar-refractivity contribution in [1.29, 1.82) is 0 Å². The van der Waals surface area contributed by atoms with Crippen LogP contribution < -0.4 is 10.6 Å². The Balaban J connectivity index is 1.94. The Kier molecular flexibility index (Phi) is 6.16. The zero-order valence-electron chi connectivity index (χ0n) is 15.0. The molecule has 0 fully saturated rings. The molecule has 2 N–H and O–H groups in total. The van der Waals surface area contributed by atoms with Gasteiger partial charge in [0.15, 0.2) is 0 Å². The number of esters is 1. The molecule has 1 aromatic carbocycles. The number of anilines is 1. The Morgan fingerprint density at radius 1 is 1.24 bits per heavy atom. The van der Waals surface area contributed by atoms with Crippen molar-refractivity contribution in [3.8, 4) is 0 Å². The molecule has 7 nitrogen and oxygen atoms in total. The highest BCUT2D eigenvalue weighted by Crippen LogP contribution is 2.16. The van der Waals surface area contributed by atoms with Gasteiger partial charge in [0.25, 0.3) is 0 Å². The SMILES string of the molecule is CCOC(=O)c1ccccc1NC(=O)NCCc1c(C)nn(C)c1C. The van der Waals surface area contributed by atoms with Crippen LogP contribution in [0.25, 0.3) is 0 Å². The number of aromatic nitrogens is 2. The van der Waals surface area contributed by atoms with Gasteiger partial charge >= 0.3 is 12.0 Å². The number of urea groups is 1. The maximum Gasteiger partial charge on any atom is 0.340 e. The number of nitrogens with one attached hydrogen (secondary N) is 2. The lowest BCUT2D eigenvalue weighted by atomic mass is 10.1. The van der Waals surface area contributed by atoms with Crippen molar-refractivity contribution in [2.75, 3.05) is 18.5 Å². The summed E-state index contributed by atoms with van der Waals surface area (Å²) in [5.74, 6) is -0.458. The highest BCUT2D eigenvalue weighted by atomic mass is 16.5. The van der Waals surface area contributed by atoms with Crippen LogP contribution in [0.5, 0.6) is 0 Å². The van der Waals surface area contributed by atoms with Crippen LogP contribution in [0.2, 0.25) is 0 Å². The summed E-state index contributed by atoms with van der Waals surface area (Å²) < 4.78 is 6.83. The monoisotopic (exact) mass is 344 g/mol. The molecule has 0 radical (unpaired) electrons. The molecule has 2 rings (SSSR count). The molecule has 7 heteroatoms. The molecule has 0 atom stereocenters. The quantitative estimate of drug-likeness (QED) is 0.789. The molecule has 1 aromatic heterocycles. The van der Waals surface area contributed by atoms with Crippen molar-refractivity contribution in [2.24, 2.45) is 7.05 Å². The van der Waals surface area contributed by atoms with Gasteiger partial charge in [0.2, 0.25) is 0 Å². The van der Waals surface area contributed by atoms with Crippen molar-refractivity contribution in [3.63, 3.8) is 0 Å². The van der Waals surface area contributed by atoms with Crippen molar-refractivity contribution in [3.05, 3.63) is 46.8 Å². The predicted molar refractivity (Wildman–Crippen MR) is 95.8 cm³/mol. The van der Waals surface area contributed by atoms with Gasteiger partial charge in [0.05, 0.1) is 23.6 Å². The Labute approximate surface area is 147 Å². The van der Waals surface area contributed by atoms with Gasteiger partial charge < -0.3 is 15.4 Å². The first-order valence-corrected chi connectivity index (χ1v) is 8.24. The summed E-state index contributed by atoms with van der Waals surface area (Å²) in [6.07, 6.45) is 0.693. The van der Waals surface area contributed by atoms with Crippen LogP contribution >= 0.6 is 0 Å². The first kappa shape index (κ1) is 18.5. The van der Waals surface area contributed by atoms with E-state index >= 15 is 0 Å². The second kappa shape index (κ2) is 8.32. The minimum absolute atomic E-state index is 0.281. The first-order valence-electron chi connectivity index (χ1n) is 8.24. The van der Waals surface area contributed by atoms with E-state index in [4.69, 9.17) is 4.74 Å². The second-order valence-electron chi connectivity index (χ2n) is 5.67. The number of hydrogen-bond acceptors (Lipinski definition) is 4. The van der Waals surface area contributed by atoms with Crippen molar-refractivity contribution in [2.45, 2.75) is 27.2 Å². The highest BCUT2D eigenvalue weighted by molar-refractivity contribution is 6.00. The topological polar surface area (TPSA) is 85.2 Å². The summed E-state index contributed by atoms with van der Waals surface area (Å²) in [5, 5.41) is 9.86. The smallest absolute Gasteiger partial charge is 0.340 e. The number of aryl methyl sites for hydroxylation is 2. The van der Waals surface area contributed by atoms with Crippen LogP contribution in [0.15, 0.2) is 24.3 Å². The molecule has 0 saturated heterocycles. The van der Waals surface area contributed by atoms with Crippen molar-refractivity contribution >= 4 is 17.7 Å². The standard InChI is InChI=1S/C18H24N4O3/c1-5-25-17(23)15-8-6-7-9-16(15)20-18(24)19-11-10-14-12(2)21-22(4)13(14)3/h6-9H,5,10-11H2,1-4H3,(H2,19,20,24). The van der Waals surface area contributed by atoms with Gasteiger partial charge in [0, 0.05) is 19.3 Å². The average Bonchev–Trinajstić information content (AvgIpc) is 2.81. The molecule has 1 heterocycles. The van der Waals surface area contributed by atoms with Crippen LogP contribution in [0.1, 0.15) is 34.2 Å². The van der Waals surface area contributed by atoms with Crippen LogP contribution in [0.3, 0.4) is 0 Å². The van der Waals surface area contributed by atoms with E-state index in [0.717, 1.165) is 17.0 Å². The van der Waals surface area contributed by atoms with E-state index in [1.165, 1.54) is 0 Å². The molecule has 134 valence electrons. The number of ether oxygens (including phenoxy) is 1. The fourth-order valence-electron chi connectivity index (χ4n) is 2.63. The van der Waals surface area contributed by atoms with Crippen LogP contribution in [0.4, 0.5) is 10.5 Å². The molecule has 0 aliphatic rings. The van der Waals surface area contributed by atoms with E-state index in [9.17, 15) is 9.59 Å². The van der Waals surface area contributed by atoms with Crippen LogP contribution in [0, 0.1) is 13.8 Å². The van der Waals surface area contributed by atoms with Crippen LogP contribution in [-0.4, -0.2) is 34.9 Å². The van der Waals surface area contributed by atoms with E-state index in [2.05, 4.69) is 15.7 Å². The minimum atomic E-state index is -0.458. The zero-order valence-corrected chi connectivity index (χ0v) is 15.0. The predicted octanol–water partition coefficient (Wildman–Crippen LogP) is 2.58. The molecule has 2 amide bonds. The number of para-hydroxylation sites is 1. The summed E-state index contributed by atoms with van der Waals surface area (Å²) in [6.45, 7) is 6.45. The summed E-state index contributed by atoms with van der Waals surface area (Å²) in [4.78, 5) is 24.0. The lowest BCUT2D eigenvalue weighted by Gasteiger charge is -2.11. The third kappa shape index (κ3) is 4.59. The fraction of sp³-hybridized carbons (Fsp3) is 0.389. The van der Waals surface area contributed by atoms with Gasteiger partial charge in [-0.2, -0.15) is 5.10 Å². The lowest BCUT2D eigenvalue weighted by molar-refractivity contribution is 0.0527. The number of hydrogen-bond donors (Lipinski definition) is 2. The summed E-state index contributed by atoms with van der Waals surface area (Å²) in [6, 6.07) is 6.40. The lowest BCUT2D eigenvalue weighted by Crippen LogP contribution is -2.31. The molecule has 0 aliphatic carbocycles. The van der Waals surface area contributed by atoms with Crippen LogP contribution in [-0.2, 0) is 18.2 Å². The number of nitrogens with zero attached hydrogens (tertiary/aromatic N) is 2. The second-order valence-corrected chi connectivity index (χ2v) is 5.67. The van der Waals surface area contributed by atoms with Gasteiger partial charge in [-0.1, -0.05) is 12.1 Å². The number of carbonyl (C=O) groups is 2. The molecule has 2 aromatic rings. The maximum absolute atomic E-state index is 12.1. The Bertz CT molecular complexity index is 768. The van der Waals surface area contributed by atoms with Crippen molar-refractivity contribution < 1.29 is 14.3 Å². The normalized spacial score (nSPS) is 10.4. The summed E-state index contributed by atoms with van der Waals surface area (Å²) >= 11 is 0. The number of carbonyl (C=O) groups excluding carboxylic acids is 2. The minimum Gasteiger partial charge on any atom is -0.462 e. The molecule has 25 heavy (non-hydrogen) atoms. The summed E-state index contributed by atoms with van der Waals surface area (Å²) in [5.41, 5.74) is 3.95. The Hall–Kier alpha value is -2.83. The van der Waals surface area contributed by atoms with E-state index in [-0.39, 0.29) is 12.6 Å². The molecule has 0 spiro atoms. The first-order chi connectivity index (χ1) is 11.9. The van der Waals surface area contributed by atoms with E-state index in [0.29, 0.717) is 24.2 Å². The Morgan fingerprint density at radius 2 is 1.96 bits per heavy atom. The van der Waals surface area contributed by atoms with E-state index in [1.54, 1.807) is 31.2 Å².